The van der Waals surface area contributed by atoms with Gasteiger partial charge in [0.15, 0.2) is 19.5 Å². The molecule has 0 saturated carbocycles. The molecule has 0 radical (unpaired) electrons. The number of halogens is 1. The highest BCUT2D eigenvalue weighted by atomic mass is 79.9. The van der Waals surface area contributed by atoms with E-state index in [1.807, 2.05) is 0 Å². The smallest absolute Gasteiger partial charge is 0.305 e. The molecule has 2 aromatic rings. The standard InChI is InChI=1S/C11H11BrN2O5S2/c1-13(6-7-3-4-9(12)19-7)11-8(14(15)16)5-10(20-11)21(2,17)18/h3-5H,6H2,1-2H3. The van der Waals surface area contributed by atoms with Gasteiger partial charge in [0.1, 0.15) is 9.97 Å². The highest BCUT2D eigenvalue weighted by Gasteiger charge is 2.26. The summed E-state index contributed by atoms with van der Waals surface area (Å²) >= 11 is 4.05. The molecule has 0 atom stereocenters. The number of sulfone groups is 1. The molecule has 7 nitrogen and oxygen atoms in total. The molecule has 2 heterocycles. The topological polar surface area (TPSA) is 93.7 Å². The fraction of sp³-hybridized carbons (Fsp3) is 0.273. The van der Waals surface area contributed by atoms with Crippen molar-refractivity contribution in [3.63, 3.8) is 0 Å². The van der Waals surface area contributed by atoms with Crippen LogP contribution in [0.4, 0.5) is 10.7 Å². The Bertz CT molecular complexity index is 780. The first kappa shape index (κ1) is 16.0. The van der Waals surface area contributed by atoms with E-state index in [2.05, 4.69) is 15.9 Å². The van der Waals surface area contributed by atoms with Gasteiger partial charge >= 0.3 is 5.69 Å². The Kier molecular flexibility index (Phi) is 4.40. The fourth-order valence-corrected chi connectivity index (χ4v) is 4.01. The van der Waals surface area contributed by atoms with Crippen LogP contribution >= 0.6 is 27.3 Å². The molecule has 0 aliphatic rings. The summed E-state index contributed by atoms with van der Waals surface area (Å²) in [7, 11) is -1.84. The summed E-state index contributed by atoms with van der Waals surface area (Å²) in [4.78, 5) is 12.1. The molecule has 0 aromatic carbocycles. The Hall–Kier alpha value is -1.39. The molecule has 0 N–H and O–H groups in total. The molecule has 0 unspecified atom stereocenters. The number of anilines is 1. The molecule has 10 heteroatoms. The van der Waals surface area contributed by atoms with Crippen molar-refractivity contribution in [1.82, 2.24) is 0 Å². The van der Waals surface area contributed by atoms with E-state index < -0.39 is 14.8 Å². The van der Waals surface area contributed by atoms with Gasteiger partial charge in [0.25, 0.3) is 0 Å². The van der Waals surface area contributed by atoms with Crippen LogP contribution in [0.5, 0.6) is 0 Å². The molecule has 0 saturated heterocycles. The van der Waals surface area contributed by atoms with Crippen molar-refractivity contribution in [3.05, 3.63) is 38.7 Å². The van der Waals surface area contributed by atoms with Crippen LogP contribution in [0.3, 0.4) is 0 Å². The van der Waals surface area contributed by atoms with Crippen LogP contribution in [0.15, 0.2) is 31.5 Å². The maximum absolute atomic E-state index is 11.5. The van der Waals surface area contributed by atoms with Crippen LogP contribution < -0.4 is 4.90 Å². The SMILES string of the molecule is CN(Cc1ccc(Br)o1)c1sc(S(C)(=O)=O)cc1[N+](=O)[O-]. The normalized spacial score (nSPS) is 11.6. The molecule has 2 rings (SSSR count). The molecular weight excluding hydrogens is 384 g/mol. The molecule has 0 amide bonds. The van der Waals surface area contributed by atoms with Gasteiger partial charge in [-0.05, 0) is 28.1 Å². The van der Waals surface area contributed by atoms with Crippen LogP contribution in [0.25, 0.3) is 0 Å². The van der Waals surface area contributed by atoms with Crippen LogP contribution in [0.1, 0.15) is 5.76 Å². The average Bonchev–Trinajstić information content (AvgIpc) is 2.94. The lowest BCUT2D eigenvalue weighted by Gasteiger charge is -2.14. The van der Waals surface area contributed by atoms with Crippen molar-refractivity contribution in [2.24, 2.45) is 0 Å². The van der Waals surface area contributed by atoms with Gasteiger partial charge in [-0.25, -0.2) is 8.42 Å². The molecule has 0 aliphatic heterocycles. The third-order valence-corrected chi connectivity index (χ3v) is 6.07. The van der Waals surface area contributed by atoms with Gasteiger partial charge in [0.2, 0.25) is 0 Å². The molecule has 21 heavy (non-hydrogen) atoms. The monoisotopic (exact) mass is 394 g/mol. The van der Waals surface area contributed by atoms with Crippen LogP contribution in [-0.4, -0.2) is 26.6 Å². The number of thiophene rings is 1. The van der Waals surface area contributed by atoms with Crippen molar-refractivity contribution in [2.75, 3.05) is 18.2 Å². The number of nitro groups is 1. The maximum atomic E-state index is 11.5. The second kappa shape index (κ2) is 5.78. The first-order valence-corrected chi connectivity index (χ1v) is 9.12. The number of furan rings is 1. The second-order valence-electron chi connectivity index (χ2n) is 4.35. The van der Waals surface area contributed by atoms with Gasteiger partial charge in [-0.2, -0.15) is 0 Å². The average molecular weight is 395 g/mol. The van der Waals surface area contributed by atoms with E-state index in [9.17, 15) is 18.5 Å². The number of hydrogen-bond acceptors (Lipinski definition) is 7. The van der Waals surface area contributed by atoms with E-state index >= 15 is 0 Å². The van der Waals surface area contributed by atoms with Gasteiger partial charge in [-0.15, -0.1) is 0 Å². The molecule has 0 fully saturated rings. The number of rotatable bonds is 5. The minimum atomic E-state index is -3.48. The first-order valence-electron chi connectivity index (χ1n) is 5.62. The fourth-order valence-electron chi connectivity index (χ4n) is 1.68. The maximum Gasteiger partial charge on any atom is 0.305 e. The summed E-state index contributed by atoms with van der Waals surface area (Å²) in [6.07, 6.45) is 1.02. The minimum absolute atomic E-state index is 0.0309. The Balaban J connectivity index is 2.37. The van der Waals surface area contributed by atoms with E-state index in [0.717, 1.165) is 23.7 Å². The third kappa shape index (κ3) is 3.63. The summed E-state index contributed by atoms with van der Waals surface area (Å²) in [5.41, 5.74) is -0.228. The molecule has 2 aromatic heterocycles. The van der Waals surface area contributed by atoms with E-state index in [4.69, 9.17) is 4.42 Å². The van der Waals surface area contributed by atoms with E-state index in [1.165, 1.54) is 0 Å². The van der Waals surface area contributed by atoms with Crippen LogP contribution in [-0.2, 0) is 16.4 Å². The molecule has 114 valence electrons. The largest absolute Gasteiger partial charge is 0.452 e. The van der Waals surface area contributed by atoms with Gasteiger partial charge in [0, 0.05) is 19.4 Å². The number of hydrogen-bond donors (Lipinski definition) is 0. The Morgan fingerprint density at radius 3 is 2.62 bits per heavy atom. The van der Waals surface area contributed by atoms with Crippen molar-refractivity contribution in [3.8, 4) is 0 Å². The summed E-state index contributed by atoms with van der Waals surface area (Å²) in [5, 5.41) is 11.4. The lowest BCUT2D eigenvalue weighted by Crippen LogP contribution is -2.15. The molecule has 0 bridgehead atoms. The van der Waals surface area contributed by atoms with E-state index in [1.54, 1.807) is 24.1 Å². The van der Waals surface area contributed by atoms with Gasteiger partial charge in [0.05, 0.1) is 11.5 Å². The van der Waals surface area contributed by atoms with Crippen molar-refractivity contribution < 1.29 is 17.8 Å². The molecule has 0 aliphatic carbocycles. The lowest BCUT2D eigenvalue weighted by atomic mass is 10.4. The first-order chi connectivity index (χ1) is 9.68. The third-order valence-electron chi connectivity index (χ3n) is 2.60. The number of nitrogens with zero attached hydrogens (tertiary/aromatic N) is 2. The summed E-state index contributed by atoms with van der Waals surface area (Å²) in [6, 6.07) is 4.54. The molecular formula is C11H11BrN2O5S2. The minimum Gasteiger partial charge on any atom is -0.452 e. The summed E-state index contributed by atoms with van der Waals surface area (Å²) < 4.78 is 29.0. The summed E-state index contributed by atoms with van der Waals surface area (Å²) in [5.74, 6) is 0.605. The van der Waals surface area contributed by atoms with Gasteiger partial charge in [-0.3, -0.25) is 10.1 Å². The van der Waals surface area contributed by atoms with Crippen molar-refractivity contribution in [1.29, 1.82) is 0 Å². The lowest BCUT2D eigenvalue weighted by molar-refractivity contribution is -0.383. The zero-order chi connectivity index (χ0) is 15.8. The Labute approximate surface area is 133 Å². The van der Waals surface area contributed by atoms with Crippen molar-refractivity contribution >= 4 is 47.8 Å². The van der Waals surface area contributed by atoms with Crippen LogP contribution in [0, 0.1) is 10.1 Å². The molecule has 0 spiro atoms. The predicted octanol–water partition coefficient (Wildman–Crippen LogP) is 3.05. The highest BCUT2D eigenvalue weighted by molar-refractivity contribution is 9.10. The van der Waals surface area contributed by atoms with E-state index in [0.29, 0.717) is 10.4 Å². The zero-order valence-electron chi connectivity index (χ0n) is 11.1. The Morgan fingerprint density at radius 1 is 1.48 bits per heavy atom. The predicted molar refractivity (Wildman–Crippen MR) is 82.6 cm³/mol. The second-order valence-corrected chi connectivity index (χ2v) is 8.40. The Morgan fingerprint density at radius 2 is 2.14 bits per heavy atom. The van der Waals surface area contributed by atoms with Gasteiger partial charge in [-0.1, -0.05) is 11.3 Å². The zero-order valence-corrected chi connectivity index (χ0v) is 14.3. The van der Waals surface area contributed by atoms with E-state index in [-0.39, 0.29) is 21.4 Å². The summed E-state index contributed by atoms with van der Waals surface area (Å²) in [6.45, 7) is 0.288. The quantitative estimate of drug-likeness (QED) is 0.571. The van der Waals surface area contributed by atoms with Gasteiger partial charge < -0.3 is 9.32 Å². The van der Waals surface area contributed by atoms with Crippen molar-refractivity contribution in [2.45, 2.75) is 10.8 Å². The van der Waals surface area contributed by atoms with Crippen LogP contribution in [0.2, 0.25) is 0 Å². The highest BCUT2D eigenvalue weighted by Crippen LogP contribution is 2.39.